The Balaban J connectivity index is 1.96. The Bertz CT molecular complexity index is 362. The second-order valence-corrected chi connectivity index (χ2v) is 4.90. The zero-order chi connectivity index (χ0) is 12.1. The fourth-order valence-electron chi connectivity index (χ4n) is 2.17. The third-order valence-corrected chi connectivity index (χ3v) is 3.53. The lowest BCUT2D eigenvalue weighted by atomic mass is 9.91. The van der Waals surface area contributed by atoms with Crippen molar-refractivity contribution in [2.45, 2.75) is 31.7 Å². The molecule has 2 rings (SSSR count). The van der Waals surface area contributed by atoms with Crippen LogP contribution in [-0.2, 0) is 11.2 Å². The molecular formula is C14H18ClNO. The number of benzene rings is 1. The van der Waals surface area contributed by atoms with Gasteiger partial charge in [0.15, 0.2) is 0 Å². The van der Waals surface area contributed by atoms with Crippen molar-refractivity contribution in [1.29, 1.82) is 0 Å². The first-order valence-electron chi connectivity index (χ1n) is 6.20. The highest BCUT2D eigenvalue weighted by Crippen LogP contribution is 2.25. The lowest BCUT2D eigenvalue weighted by Gasteiger charge is -2.37. The molecule has 0 N–H and O–H groups in total. The predicted molar refractivity (Wildman–Crippen MR) is 70.2 cm³/mol. The van der Waals surface area contributed by atoms with Gasteiger partial charge in [0.1, 0.15) is 0 Å². The van der Waals surface area contributed by atoms with Gasteiger partial charge in [-0.25, -0.2) is 0 Å². The number of nitrogens with zero attached hydrogens (tertiary/aromatic N) is 1. The number of carbonyl (C=O) groups excluding carboxylic acids is 1. The topological polar surface area (TPSA) is 20.3 Å². The Morgan fingerprint density at radius 3 is 2.53 bits per heavy atom. The summed E-state index contributed by atoms with van der Waals surface area (Å²) in [4.78, 5) is 14.2. The number of rotatable bonds is 5. The van der Waals surface area contributed by atoms with E-state index >= 15 is 0 Å². The molecule has 0 heterocycles. The molecular weight excluding hydrogens is 234 g/mol. The molecule has 1 aromatic carbocycles. The number of amides is 1. The van der Waals surface area contributed by atoms with E-state index in [1.807, 2.05) is 35.2 Å². The number of alkyl halides is 1. The molecule has 1 aromatic rings. The molecule has 1 aliphatic rings. The van der Waals surface area contributed by atoms with Crippen molar-refractivity contribution in [1.82, 2.24) is 4.90 Å². The lowest BCUT2D eigenvalue weighted by Crippen LogP contribution is -2.45. The molecule has 1 saturated carbocycles. The van der Waals surface area contributed by atoms with Crippen LogP contribution in [0.1, 0.15) is 24.8 Å². The van der Waals surface area contributed by atoms with Gasteiger partial charge < -0.3 is 4.90 Å². The standard InChI is InChI=1S/C14H18ClNO/c15-9-10-16(13-7-4-8-13)14(17)11-12-5-2-1-3-6-12/h1-3,5-6,13H,4,7-11H2. The van der Waals surface area contributed by atoms with E-state index in [1.54, 1.807) is 0 Å². The summed E-state index contributed by atoms with van der Waals surface area (Å²) >= 11 is 5.77. The average molecular weight is 252 g/mol. The van der Waals surface area contributed by atoms with Crippen LogP contribution in [0.3, 0.4) is 0 Å². The quantitative estimate of drug-likeness (QED) is 0.737. The molecule has 92 valence electrons. The van der Waals surface area contributed by atoms with Crippen LogP contribution in [-0.4, -0.2) is 29.3 Å². The minimum absolute atomic E-state index is 0.210. The van der Waals surface area contributed by atoms with Crippen molar-refractivity contribution in [3.05, 3.63) is 35.9 Å². The molecule has 2 nitrogen and oxygen atoms in total. The first kappa shape index (κ1) is 12.4. The molecule has 0 atom stereocenters. The number of hydrogen-bond donors (Lipinski definition) is 0. The number of carbonyl (C=O) groups is 1. The van der Waals surface area contributed by atoms with Crippen LogP contribution in [0.5, 0.6) is 0 Å². The fourth-order valence-corrected chi connectivity index (χ4v) is 2.35. The molecule has 1 amide bonds. The normalized spacial score (nSPS) is 15.4. The van der Waals surface area contributed by atoms with Crippen molar-refractivity contribution in [3.63, 3.8) is 0 Å². The van der Waals surface area contributed by atoms with Crippen molar-refractivity contribution < 1.29 is 4.79 Å². The van der Waals surface area contributed by atoms with Gasteiger partial charge in [0.25, 0.3) is 0 Å². The highest BCUT2D eigenvalue weighted by atomic mass is 35.5. The second-order valence-electron chi connectivity index (χ2n) is 4.52. The van der Waals surface area contributed by atoms with Gasteiger partial charge >= 0.3 is 0 Å². The van der Waals surface area contributed by atoms with E-state index in [-0.39, 0.29) is 5.91 Å². The van der Waals surface area contributed by atoms with Crippen molar-refractivity contribution in [2.75, 3.05) is 12.4 Å². The maximum absolute atomic E-state index is 12.2. The molecule has 0 aliphatic heterocycles. The zero-order valence-corrected chi connectivity index (χ0v) is 10.7. The molecule has 0 saturated heterocycles. The van der Waals surface area contributed by atoms with Gasteiger partial charge in [-0.1, -0.05) is 30.3 Å². The fraction of sp³-hybridized carbons (Fsp3) is 0.500. The Hall–Kier alpha value is -1.02. The van der Waals surface area contributed by atoms with Gasteiger partial charge in [0.05, 0.1) is 6.42 Å². The van der Waals surface area contributed by atoms with Gasteiger partial charge in [0, 0.05) is 18.5 Å². The van der Waals surface area contributed by atoms with Gasteiger partial charge in [-0.3, -0.25) is 4.79 Å². The third kappa shape index (κ3) is 3.22. The highest BCUT2D eigenvalue weighted by molar-refractivity contribution is 6.18. The summed E-state index contributed by atoms with van der Waals surface area (Å²) < 4.78 is 0. The largest absolute Gasteiger partial charge is 0.338 e. The molecule has 0 unspecified atom stereocenters. The first-order valence-corrected chi connectivity index (χ1v) is 6.74. The maximum Gasteiger partial charge on any atom is 0.227 e. The van der Waals surface area contributed by atoms with Gasteiger partial charge in [-0.2, -0.15) is 0 Å². The Kier molecular flexibility index (Phi) is 4.43. The van der Waals surface area contributed by atoms with Crippen LogP contribution in [0, 0.1) is 0 Å². The smallest absolute Gasteiger partial charge is 0.227 e. The molecule has 0 bridgehead atoms. The molecule has 1 aliphatic carbocycles. The summed E-state index contributed by atoms with van der Waals surface area (Å²) in [5.74, 6) is 0.735. The van der Waals surface area contributed by atoms with Crippen LogP contribution >= 0.6 is 11.6 Å². The van der Waals surface area contributed by atoms with E-state index in [2.05, 4.69) is 0 Å². The van der Waals surface area contributed by atoms with E-state index < -0.39 is 0 Å². The van der Waals surface area contributed by atoms with Crippen LogP contribution in [0.4, 0.5) is 0 Å². The van der Waals surface area contributed by atoms with Gasteiger partial charge in [0.2, 0.25) is 5.91 Å². The monoisotopic (exact) mass is 251 g/mol. The molecule has 0 spiro atoms. The summed E-state index contributed by atoms with van der Waals surface area (Å²) in [5.41, 5.74) is 1.08. The summed E-state index contributed by atoms with van der Waals surface area (Å²) in [7, 11) is 0. The zero-order valence-electron chi connectivity index (χ0n) is 9.94. The first-order chi connectivity index (χ1) is 8.31. The molecule has 17 heavy (non-hydrogen) atoms. The maximum atomic E-state index is 12.2. The summed E-state index contributed by atoms with van der Waals surface area (Å²) in [6, 6.07) is 10.3. The minimum atomic E-state index is 0.210. The molecule has 0 aromatic heterocycles. The molecule has 1 fully saturated rings. The minimum Gasteiger partial charge on any atom is -0.338 e. The van der Waals surface area contributed by atoms with Crippen LogP contribution in [0.25, 0.3) is 0 Å². The Morgan fingerprint density at radius 2 is 2.00 bits per heavy atom. The Morgan fingerprint density at radius 1 is 1.29 bits per heavy atom. The van der Waals surface area contributed by atoms with Crippen molar-refractivity contribution >= 4 is 17.5 Å². The van der Waals surface area contributed by atoms with Crippen molar-refractivity contribution in [3.8, 4) is 0 Å². The van der Waals surface area contributed by atoms with Crippen molar-refractivity contribution in [2.24, 2.45) is 0 Å². The van der Waals surface area contributed by atoms with Gasteiger partial charge in [-0.05, 0) is 24.8 Å². The van der Waals surface area contributed by atoms with E-state index in [1.165, 1.54) is 6.42 Å². The molecule has 3 heteroatoms. The lowest BCUT2D eigenvalue weighted by molar-refractivity contribution is -0.134. The highest BCUT2D eigenvalue weighted by Gasteiger charge is 2.27. The number of halogens is 1. The van der Waals surface area contributed by atoms with E-state index in [0.29, 0.717) is 24.9 Å². The third-order valence-electron chi connectivity index (χ3n) is 3.36. The van der Waals surface area contributed by atoms with Crippen LogP contribution < -0.4 is 0 Å². The second kappa shape index (κ2) is 6.06. The van der Waals surface area contributed by atoms with E-state index in [9.17, 15) is 4.79 Å². The van der Waals surface area contributed by atoms with E-state index in [0.717, 1.165) is 18.4 Å². The number of hydrogen-bond acceptors (Lipinski definition) is 1. The SMILES string of the molecule is O=C(Cc1ccccc1)N(CCCl)C1CCC1. The van der Waals surface area contributed by atoms with Crippen LogP contribution in [0.2, 0.25) is 0 Å². The average Bonchev–Trinajstić information content (AvgIpc) is 2.27. The van der Waals surface area contributed by atoms with E-state index in [4.69, 9.17) is 11.6 Å². The summed E-state index contributed by atoms with van der Waals surface area (Å²) in [5, 5.41) is 0. The Labute approximate surface area is 108 Å². The summed E-state index contributed by atoms with van der Waals surface area (Å²) in [6.45, 7) is 0.678. The predicted octanol–water partition coefficient (Wildman–Crippen LogP) is 2.85. The van der Waals surface area contributed by atoms with Gasteiger partial charge in [-0.15, -0.1) is 11.6 Å². The molecule has 0 radical (unpaired) electrons. The summed E-state index contributed by atoms with van der Waals surface area (Å²) in [6.07, 6.45) is 4.01. The van der Waals surface area contributed by atoms with Crippen LogP contribution in [0.15, 0.2) is 30.3 Å².